The van der Waals surface area contributed by atoms with Crippen molar-refractivity contribution in [2.75, 3.05) is 0 Å². The first kappa shape index (κ1) is 19.2. The van der Waals surface area contributed by atoms with E-state index in [9.17, 15) is 4.79 Å². The molecule has 0 radical (unpaired) electrons. The van der Waals surface area contributed by atoms with E-state index >= 15 is 0 Å². The van der Waals surface area contributed by atoms with E-state index in [1.807, 2.05) is 42.6 Å². The first-order valence-electron chi connectivity index (χ1n) is 9.82. The molecule has 152 valence electrons. The van der Waals surface area contributed by atoms with Crippen LogP contribution in [0.5, 0.6) is 0 Å². The zero-order valence-corrected chi connectivity index (χ0v) is 17.2. The highest BCUT2D eigenvalue weighted by Crippen LogP contribution is 2.23. The van der Waals surface area contributed by atoms with Gasteiger partial charge in [-0.1, -0.05) is 60.1 Å². The molecule has 5 aromatic rings. The molecule has 5 nitrogen and oxygen atoms in total. The van der Waals surface area contributed by atoms with Crippen molar-refractivity contribution in [1.29, 1.82) is 0 Å². The normalized spacial score (nSPS) is 11.5. The van der Waals surface area contributed by atoms with Gasteiger partial charge in [-0.15, -0.1) is 0 Å². The molecule has 0 saturated heterocycles. The number of fused-ring (bicyclic) bond motifs is 2. The number of para-hydroxylation sites is 1. The van der Waals surface area contributed by atoms with Gasteiger partial charge in [-0.3, -0.25) is 4.79 Å². The summed E-state index contributed by atoms with van der Waals surface area (Å²) in [7, 11) is 0. The lowest BCUT2D eigenvalue weighted by Gasteiger charge is -2.05. The summed E-state index contributed by atoms with van der Waals surface area (Å²) < 4.78 is 7.76. The lowest BCUT2D eigenvalue weighted by atomic mass is 10.2. The molecule has 0 unspecified atom stereocenters. The third kappa shape index (κ3) is 3.96. The number of nitrogens with one attached hydrogen (secondary N) is 1. The van der Waals surface area contributed by atoms with E-state index in [-0.39, 0.29) is 5.76 Å². The second kappa shape index (κ2) is 8.13. The van der Waals surface area contributed by atoms with Gasteiger partial charge >= 0.3 is 5.91 Å². The van der Waals surface area contributed by atoms with E-state index in [0.29, 0.717) is 10.6 Å². The summed E-state index contributed by atoms with van der Waals surface area (Å²) in [6.07, 6.45) is 3.69. The van der Waals surface area contributed by atoms with E-state index in [2.05, 4.69) is 33.3 Å². The molecule has 0 fully saturated rings. The van der Waals surface area contributed by atoms with E-state index in [1.54, 1.807) is 30.5 Å². The van der Waals surface area contributed by atoms with Crippen molar-refractivity contribution in [3.63, 3.8) is 0 Å². The van der Waals surface area contributed by atoms with Crippen LogP contribution in [0.4, 0.5) is 0 Å². The Morgan fingerprint density at radius 1 is 1.03 bits per heavy atom. The van der Waals surface area contributed by atoms with Crippen molar-refractivity contribution < 1.29 is 9.21 Å². The number of nitrogens with zero attached hydrogens (tertiary/aromatic N) is 2. The minimum atomic E-state index is -0.420. The third-order valence-electron chi connectivity index (χ3n) is 5.09. The molecule has 0 aliphatic heterocycles. The first-order valence-corrected chi connectivity index (χ1v) is 10.2. The Kier molecular flexibility index (Phi) is 5.02. The summed E-state index contributed by atoms with van der Waals surface area (Å²) in [6.45, 7) is 0.753. The molecular formula is C25H18ClN3O2. The van der Waals surface area contributed by atoms with Gasteiger partial charge in [0.15, 0.2) is 5.76 Å². The van der Waals surface area contributed by atoms with Crippen LogP contribution in [0.3, 0.4) is 0 Å². The smallest absolute Gasteiger partial charge is 0.307 e. The summed E-state index contributed by atoms with van der Waals surface area (Å²) in [5, 5.41) is 6.57. The number of hydrogen-bond donors (Lipinski definition) is 1. The van der Waals surface area contributed by atoms with Gasteiger partial charge in [0.05, 0.1) is 6.21 Å². The fourth-order valence-electron chi connectivity index (χ4n) is 3.63. The largest absolute Gasteiger partial charge is 0.451 e. The number of carbonyl (C=O) groups excluding carboxylic acids is 1. The number of aromatic nitrogens is 1. The van der Waals surface area contributed by atoms with Gasteiger partial charge < -0.3 is 8.98 Å². The van der Waals surface area contributed by atoms with Crippen LogP contribution >= 0.6 is 11.6 Å². The number of benzene rings is 3. The maximum Gasteiger partial charge on any atom is 0.307 e. The van der Waals surface area contributed by atoms with Crippen molar-refractivity contribution >= 4 is 45.6 Å². The molecule has 5 rings (SSSR count). The zero-order valence-electron chi connectivity index (χ0n) is 16.5. The monoisotopic (exact) mass is 427 g/mol. The van der Waals surface area contributed by atoms with Crippen molar-refractivity contribution in [3.8, 4) is 0 Å². The topological polar surface area (TPSA) is 59.5 Å². The number of amides is 1. The fraction of sp³-hybridized carbons (Fsp3) is 0.0400. The van der Waals surface area contributed by atoms with Crippen molar-refractivity contribution in [1.82, 2.24) is 9.99 Å². The standard InChI is InChI=1S/C25H18ClN3O2/c26-20-10-11-23-18(12-20)13-24(31-23)25(30)28-27-14-19-16-29(15-17-6-2-1-3-7-17)22-9-5-4-8-21(19)22/h1-14,16H,15H2,(H,28,30)/b27-14+. The van der Waals surface area contributed by atoms with Crippen LogP contribution in [0.1, 0.15) is 21.7 Å². The molecule has 0 aliphatic rings. The summed E-state index contributed by atoms with van der Waals surface area (Å²) in [6, 6.07) is 25.3. The van der Waals surface area contributed by atoms with Crippen LogP contribution in [0.2, 0.25) is 5.02 Å². The minimum absolute atomic E-state index is 0.181. The lowest BCUT2D eigenvalue weighted by Crippen LogP contribution is -2.16. The van der Waals surface area contributed by atoms with Gasteiger partial charge in [0.1, 0.15) is 5.58 Å². The van der Waals surface area contributed by atoms with Gasteiger partial charge in [-0.25, -0.2) is 5.43 Å². The molecule has 31 heavy (non-hydrogen) atoms. The molecule has 0 atom stereocenters. The maximum atomic E-state index is 12.4. The maximum absolute atomic E-state index is 12.4. The van der Waals surface area contributed by atoms with Gasteiger partial charge in [0.2, 0.25) is 0 Å². The van der Waals surface area contributed by atoms with Gasteiger partial charge in [0.25, 0.3) is 0 Å². The Hall–Kier alpha value is -3.83. The fourth-order valence-corrected chi connectivity index (χ4v) is 3.81. The Balaban J connectivity index is 1.37. The van der Waals surface area contributed by atoms with Gasteiger partial charge in [-0.2, -0.15) is 5.10 Å². The van der Waals surface area contributed by atoms with Crippen LogP contribution in [0, 0.1) is 0 Å². The Morgan fingerprint density at radius 3 is 2.71 bits per heavy atom. The van der Waals surface area contributed by atoms with Crippen LogP contribution in [-0.2, 0) is 6.54 Å². The summed E-state index contributed by atoms with van der Waals surface area (Å²) in [4.78, 5) is 12.4. The average Bonchev–Trinajstić information content (AvgIpc) is 3.36. The highest BCUT2D eigenvalue weighted by Gasteiger charge is 2.12. The highest BCUT2D eigenvalue weighted by molar-refractivity contribution is 6.31. The second-order valence-corrected chi connectivity index (χ2v) is 7.64. The van der Waals surface area contributed by atoms with Crippen LogP contribution in [0.25, 0.3) is 21.9 Å². The molecule has 2 heterocycles. The Morgan fingerprint density at radius 2 is 1.84 bits per heavy atom. The summed E-state index contributed by atoms with van der Waals surface area (Å²) in [5.74, 6) is -0.238. The number of hydrazone groups is 1. The van der Waals surface area contributed by atoms with E-state index < -0.39 is 5.91 Å². The number of hydrogen-bond acceptors (Lipinski definition) is 3. The van der Waals surface area contributed by atoms with Gasteiger partial charge in [-0.05, 0) is 35.9 Å². The predicted molar refractivity (Wildman–Crippen MR) is 124 cm³/mol. The molecule has 6 heteroatoms. The van der Waals surface area contributed by atoms with Crippen molar-refractivity contribution in [3.05, 3.63) is 107 Å². The van der Waals surface area contributed by atoms with Crippen molar-refractivity contribution in [2.24, 2.45) is 5.10 Å². The second-order valence-electron chi connectivity index (χ2n) is 7.21. The van der Waals surface area contributed by atoms with Crippen LogP contribution in [-0.4, -0.2) is 16.7 Å². The Labute approximate surface area is 183 Å². The molecule has 0 bridgehead atoms. The number of rotatable bonds is 5. The lowest BCUT2D eigenvalue weighted by molar-refractivity contribution is 0.0929. The molecule has 0 saturated carbocycles. The van der Waals surface area contributed by atoms with E-state index in [0.717, 1.165) is 28.4 Å². The van der Waals surface area contributed by atoms with E-state index in [1.165, 1.54) is 5.56 Å². The quantitative estimate of drug-likeness (QED) is 0.282. The molecule has 3 aromatic carbocycles. The first-order chi connectivity index (χ1) is 15.2. The highest BCUT2D eigenvalue weighted by atomic mass is 35.5. The van der Waals surface area contributed by atoms with Crippen LogP contribution < -0.4 is 5.43 Å². The Bertz CT molecular complexity index is 1420. The predicted octanol–water partition coefficient (Wildman–Crippen LogP) is 5.85. The van der Waals surface area contributed by atoms with E-state index in [4.69, 9.17) is 16.0 Å². The van der Waals surface area contributed by atoms with Crippen molar-refractivity contribution in [2.45, 2.75) is 6.54 Å². The number of halogens is 1. The number of furan rings is 1. The minimum Gasteiger partial charge on any atom is -0.451 e. The SMILES string of the molecule is O=C(N/N=C/c1cn(Cc2ccccc2)c2ccccc12)c1cc2cc(Cl)ccc2o1. The zero-order chi connectivity index (χ0) is 21.2. The summed E-state index contributed by atoms with van der Waals surface area (Å²) >= 11 is 5.99. The molecule has 1 amide bonds. The number of carbonyl (C=O) groups is 1. The molecule has 0 spiro atoms. The van der Waals surface area contributed by atoms with Gasteiger partial charge in [0, 0.05) is 39.6 Å². The molecular weight excluding hydrogens is 410 g/mol. The molecule has 2 aromatic heterocycles. The summed E-state index contributed by atoms with van der Waals surface area (Å²) in [5.41, 5.74) is 6.38. The molecule has 1 N–H and O–H groups in total. The molecule has 0 aliphatic carbocycles. The average molecular weight is 428 g/mol. The van der Waals surface area contributed by atoms with Crippen LogP contribution in [0.15, 0.2) is 94.6 Å². The third-order valence-corrected chi connectivity index (χ3v) is 5.32.